The Hall–Kier alpha value is -1.95. The Morgan fingerprint density at radius 1 is 1.23 bits per heavy atom. The van der Waals surface area contributed by atoms with E-state index < -0.39 is 5.97 Å². The third kappa shape index (κ3) is 3.62. The van der Waals surface area contributed by atoms with Gasteiger partial charge in [0.2, 0.25) is 5.75 Å². The first-order valence-corrected chi connectivity index (χ1v) is 7.33. The highest BCUT2D eigenvalue weighted by Crippen LogP contribution is 2.38. The highest BCUT2D eigenvalue weighted by molar-refractivity contribution is 5.70. The van der Waals surface area contributed by atoms with Crippen LogP contribution in [0.25, 0.3) is 0 Å². The number of carboxylic acid groups (broad SMARTS) is 1. The molecule has 1 unspecified atom stereocenters. The number of benzene rings is 1. The molecular formula is C16H23NO5. The van der Waals surface area contributed by atoms with E-state index in [1.165, 1.54) is 0 Å². The average Bonchev–Trinajstić information content (AvgIpc) is 2.54. The van der Waals surface area contributed by atoms with Crippen molar-refractivity contribution in [1.82, 2.24) is 4.90 Å². The Kier molecular flexibility index (Phi) is 5.49. The van der Waals surface area contributed by atoms with Crippen molar-refractivity contribution < 1.29 is 24.1 Å². The molecule has 1 aliphatic heterocycles. The molecule has 1 saturated heterocycles. The van der Waals surface area contributed by atoms with Crippen molar-refractivity contribution in [3.8, 4) is 17.2 Å². The molecule has 0 saturated carbocycles. The first-order chi connectivity index (χ1) is 10.6. The molecule has 6 heteroatoms. The van der Waals surface area contributed by atoms with Crippen LogP contribution in [0.1, 0.15) is 18.4 Å². The van der Waals surface area contributed by atoms with E-state index in [0.717, 1.165) is 24.9 Å². The maximum Gasteiger partial charge on any atom is 0.307 e. The molecule has 1 aromatic rings. The van der Waals surface area contributed by atoms with Crippen LogP contribution in [-0.2, 0) is 11.3 Å². The molecule has 122 valence electrons. The second kappa shape index (κ2) is 7.35. The summed E-state index contributed by atoms with van der Waals surface area (Å²) in [6.45, 7) is 2.15. The summed E-state index contributed by atoms with van der Waals surface area (Å²) in [5.74, 6) is 0.800. The number of nitrogens with zero attached hydrogens (tertiary/aromatic N) is 1. The van der Waals surface area contributed by atoms with Crippen LogP contribution >= 0.6 is 0 Å². The zero-order valence-electron chi connectivity index (χ0n) is 13.3. The second-order valence-electron chi connectivity index (χ2n) is 5.45. The Bertz CT molecular complexity index is 506. The fourth-order valence-electron chi connectivity index (χ4n) is 2.89. The van der Waals surface area contributed by atoms with E-state index in [2.05, 4.69) is 4.90 Å². The van der Waals surface area contributed by atoms with Crippen molar-refractivity contribution in [2.75, 3.05) is 34.4 Å². The van der Waals surface area contributed by atoms with Crippen LogP contribution in [0.3, 0.4) is 0 Å². The number of ether oxygens (including phenoxy) is 3. The number of carboxylic acids is 1. The SMILES string of the molecule is COc1cc(CN2CCCC(C(=O)O)C2)cc(OC)c1OC. The molecule has 0 spiro atoms. The molecule has 0 aromatic heterocycles. The topological polar surface area (TPSA) is 68.2 Å². The summed E-state index contributed by atoms with van der Waals surface area (Å²) in [5, 5.41) is 9.17. The van der Waals surface area contributed by atoms with Crippen molar-refractivity contribution in [1.29, 1.82) is 0 Å². The minimum Gasteiger partial charge on any atom is -0.493 e. The molecule has 6 nitrogen and oxygen atoms in total. The van der Waals surface area contributed by atoms with Crippen LogP contribution in [0, 0.1) is 5.92 Å². The summed E-state index contributed by atoms with van der Waals surface area (Å²) in [7, 11) is 4.74. The predicted molar refractivity (Wildman–Crippen MR) is 81.7 cm³/mol. The molecule has 1 fully saturated rings. The van der Waals surface area contributed by atoms with Crippen LogP contribution in [0.5, 0.6) is 17.2 Å². The molecule has 22 heavy (non-hydrogen) atoms. The lowest BCUT2D eigenvalue weighted by molar-refractivity contribution is -0.143. The number of piperidine rings is 1. The number of hydrogen-bond donors (Lipinski definition) is 1. The maximum atomic E-state index is 11.2. The van der Waals surface area contributed by atoms with Gasteiger partial charge in [0.05, 0.1) is 27.2 Å². The predicted octanol–water partition coefficient (Wildman–Crippen LogP) is 2.01. The molecule has 1 atom stereocenters. The number of likely N-dealkylation sites (tertiary alicyclic amines) is 1. The molecule has 0 aliphatic carbocycles. The Labute approximate surface area is 130 Å². The monoisotopic (exact) mass is 309 g/mol. The van der Waals surface area contributed by atoms with Gasteiger partial charge in [-0.05, 0) is 37.1 Å². The van der Waals surface area contributed by atoms with Crippen molar-refractivity contribution >= 4 is 5.97 Å². The lowest BCUT2D eigenvalue weighted by Crippen LogP contribution is -2.38. The molecule has 0 amide bonds. The first kappa shape index (κ1) is 16.4. The van der Waals surface area contributed by atoms with Gasteiger partial charge in [-0.3, -0.25) is 9.69 Å². The average molecular weight is 309 g/mol. The number of aliphatic carboxylic acids is 1. The van der Waals surface area contributed by atoms with Gasteiger partial charge in [-0.25, -0.2) is 0 Å². The van der Waals surface area contributed by atoms with Gasteiger partial charge in [-0.1, -0.05) is 0 Å². The zero-order chi connectivity index (χ0) is 16.1. The molecule has 1 aromatic carbocycles. The molecule has 0 bridgehead atoms. The van der Waals surface area contributed by atoms with E-state index >= 15 is 0 Å². The molecule has 0 radical (unpaired) electrons. The summed E-state index contributed by atoms with van der Waals surface area (Å²) in [6.07, 6.45) is 1.66. The Balaban J connectivity index is 2.17. The van der Waals surface area contributed by atoms with Crippen LogP contribution in [0.4, 0.5) is 0 Å². The number of methoxy groups -OCH3 is 3. The Morgan fingerprint density at radius 3 is 2.36 bits per heavy atom. The number of carbonyl (C=O) groups is 1. The van der Waals surface area contributed by atoms with Gasteiger partial charge in [0.15, 0.2) is 11.5 Å². The van der Waals surface area contributed by atoms with Gasteiger partial charge in [0.1, 0.15) is 0 Å². The second-order valence-corrected chi connectivity index (χ2v) is 5.45. The van der Waals surface area contributed by atoms with Crippen LogP contribution in [-0.4, -0.2) is 50.4 Å². The summed E-state index contributed by atoms with van der Waals surface area (Å²) in [4.78, 5) is 13.3. The van der Waals surface area contributed by atoms with E-state index in [9.17, 15) is 9.90 Å². The minimum absolute atomic E-state index is 0.282. The molecule has 2 rings (SSSR count). The van der Waals surface area contributed by atoms with Crippen molar-refractivity contribution in [2.24, 2.45) is 5.92 Å². The highest BCUT2D eigenvalue weighted by atomic mass is 16.5. The third-order valence-electron chi connectivity index (χ3n) is 3.99. The van der Waals surface area contributed by atoms with E-state index in [-0.39, 0.29) is 5.92 Å². The number of rotatable bonds is 6. The molecule has 1 N–H and O–H groups in total. The molecular weight excluding hydrogens is 286 g/mol. The van der Waals surface area contributed by atoms with Gasteiger partial charge >= 0.3 is 5.97 Å². The maximum absolute atomic E-state index is 11.2. The summed E-state index contributed by atoms with van der Waals surface area (Å²) in [6, 6.07) is 3.82. The summed E-state index contributed by atoms with van der Waals surface area (Å²) >= 11 is 0. The zero-order valence-corrected chi connectivity index (χ0v) is 13.3. The van der Waals surface area contributed by atoms with E-state index in [1.54, 1.807) is 21.3 Å². The number of hydrogen-bond acceptors (Lipinski definition) is 5. The smallest absolute Gasteiger partial charge is 0.307 e. The normalized spacial score (nSPS) is 18.8. The quantitative estimate of drug-likeness (QED) is 0.867. The van der Waals surface area contributed by atoms with E-state index in [1.807, 2.05) is 12.1 Å². The Morgan fingerprint density at radius 2 is 1.86 bits per heavy atom. The summed E-state index contributed by atoms with van der Waals surface area (Å²) in [5.41, 5.74) is 1.01. The van der Waals surface area contributed by atoms with E-state index in [4.69, 9.17) is 14.2 Å². The largest absolute Gasteiger partial charge is 0.493 e. The van der Waals surface area contributed by atoms with Gasteiger partial charge in [-0.15, -0.1) is 0 Å². The lowest BCUT2D eigenvalue weighted by Gasteiger charge is -2.30. The van der Waals surface area contributed by atoms with Crippen LogP contribution in [0.15, 0.2) is 12.1 Å². The van der Waals surface area contributed by atoms with E-state index in [0.29, 0.717) is 30.3 Å². The molecule has 1 aliphatic rings. The first-order valence-electron chi connectivity index (χ1n) is 7.33. The lowest BCUT2D eigenvalue weighted by atomic mass is 9.98. The standard InChI is InChI=1S/C16H23NO5/c1-20-13-7-11(8-14(21-2)15(13)22-3)9-17-6-4-5-12(10-17)16(18)19/h7-8,12H,4-6,9-10H2,1-3H3,(H,18,19). The van der Waals surface area contributed by atoms with Crippen LogP contribution < -0.4 is 14.2 Å². The highest BCUT2D eigenvalue weighted by Gasteiger charge is 2.25. The molecule has 1 heterocycles. The van der Waals surface area contributed by atoms with Crippen molar-refractivity contribution in [2.45, 2.75) is 19.4 Å². The minimum atomic E-state index is -0.713. The fourth-order valence-corrected chi connectivity index (χ4v) is 2.89. The van der Waals surface area contributed by atoms with Gasteiger partial charge in [0.25, 0.3) is 0 Å². The third-order valence-corrected chi connectivity index (χ3v) is 3.99. The fraction of sp³-hybridized carbons (Fsp3) is 0.562. The van der Waals surface area contributed by atoms with Crippen molar-refractivity contribution in [3.05, 3.63) is 17.7 Å². The van der Waals surface area contributed by atoms with Crippen molar-refractivity contribution in [3.63, 3.8) is 0 Å². The van der Waals surface area contributed by atoms with Crippen LogP contribution in [0.2, 0.25) is 0 Å². The van der Waals surface area contributed by atoms with Gasteiger partial charge in [-0.2, -0.15) is 0 Å². The summed E-state index contributed by atoms with van der Waals surface area (Å²) < 4.78 is 16.0. The van der Waals surface area contributed by atoms with Gasteiger partial charge in [0, 0.05) is 13.1 Å². The van der Waals surface area contributed by atoms with Gasteiger partial charge < -0.3 is 19.3 Å².